The maximum atomic E-state index is 11.9. The van der Waals surface area contributed by atoms with Crippen molar-refractivity contribution in [2.75, 3.05) is 5.73 Å². The molecule has 1 heterocycles. The molecule has 0 spiro atoms. The Kier molecular flexibility index (Phi) is 4.24. The van der Waals surface area contributed by atoms with Gasteiger partial charge in [-0.3, -0.25) is 0 Å². The molecule has 0 radical (unpaired) electrons. The lowest BCUT2D eigenvalue weighted by Crippen LogP contribution is -2.07. The Labute approximate surface area is 120 Å². The summed E-state index contributed by atoms with van der Waals surface area (Å²) in [4.78, 5) is 15.6. The van der Waals surface area contributed by atoms with Crippen LogP contribution in [0, 0.1) is 0 Å². The van der Waals surface area contributed by atoms with E-state index in [4.69, 9.17) is 33.7 Å². The van der Waals surface area contributed by atoms with Gasteiger partial charge in [0.15, 0.2) is 0 Å². The van der Waals surface area contributed by atoms with E-state index in [-0.39, 0.29) is 17.3 Å². The standard InChI is InChI=1S/C13H10Cl2N2O2/c14-11-4-2-1-3-8(11)7-19-13(18)10-5-9(16)6-17-12(10)15/h1-6H,7,16H2. The van der Waals surface area contributed by atoms with Gasteiger partial charge in [0.1, 0.15) is 11.8 Å². The quantitative estimate of drug-likeness (QED) is 0.697. The summed E-state index contributed by atoms with van der Waals surface area (Å²) in [6.45, 7) is 0.0592. The number of esters is 1. The van der Waals surface area contributed by atoms with Gasteiger partial charge in [-0.1, -0.05) is 41.4 Å². The lowest BCUT2D eigenvalue weighted by molar-refractivity contribution is 0.0472. The minimum Gasteiger partial charge on any atom is -0.457 e. The van der Waals surface area contributed by atoms with Gasteiger partial charge in [-0.2, -0.15) is 0 Å². The fraction of sp³-hybridized carbons (Fsp3) is 0.0769. The van der Waals surface area contributed by atoms with Crippen molar-refractivity contribution in [2.45, 2.75) is 6.61 Å². The first-order valence-corrected chi connectivity index (χ1v) is 6.15. The van der Waals surface area contributed by atoms with Crippen molar-refractivity contribution >= 4 is 34.9 Å². The molecule has 0 saturated carbocycles. The van der Waals surface area contributed by atoms with Crippen molar-refractivity contribution in [2.24, 2.45) is 0 Å². The Morgan fingerprint density at radius 2 is 2.05 bits per heavy atom. The molecule has 2 N–H and O–H groups in total. The second kappa shape index (κ2) is 5.91. The maximum Gasteiger partial charge on any atom is 0.341 e. The highest BCUT2D eigenvalue weighted by molar-refractivity contribution is 6.32. The molecular formula is C13H10Cl2N2O2. The van der Waals surface area contributed by atoms with E-state index in [9.17, 15) is 4.79 Å². The second-order valence-electron chi connectivity index (χ2n) is 3.77. The Balaban J connectivity index is 2.10. The first kappa shape index (κ1) is 13.6. The van der Waals surface area contributed by atoms with Crippen molar-refractivity contribution in [3.05, 3.63) is 57.8 Å². The number of halogens is 2. The first-order valence-electron chi connectivity index (χ1n) is 5.39. The van der Waals surface area contributed by atoms with E-state index in [0.29, 0.717) is 16.3 Å². The fourth-order valence-corrected chi connectivity index (χ4v) is 1.81. The van der Waals surface area contributed by atoms with Gasteiger partial charge in [0.05, 0.1) is 17.4 Å². The van der Waals surface area contributed by atoms with Crippen LogP contribution in [0.2, 0.25) is 10.2 Å². The van der Waals surface area contributed by atoms with Crippen LogP contribution >= 0.6 is 23.2 Å². The predicted molar refractivity (Wildman–Crippen MR) is 74.2 cm³/mol. The summed E-state index contributed by atoms with van der Waals surface area (Å²) in [5, 5.41) is 0.588. The molecule has 1 aromatic carbocycles. The largest absolute Gasteiger partial charge is 0.457 e. The zero-order valence-electron chi connectivity index (χ0n) is 9.77. The molecule has 0 aliphatic heterocycles. The molecule has 0 amide bonds. The monoisotopic (exact) mass is 296 g/mol. The number of hydrogen-bond acceptors (Lipinski definition) is 4. The first-order chi connectivity index (χ1) is 9.08. The van der Waals surface area contributed by atoms with Gasteiger partial charge in [0, 0.05) is 10.6 Å². The summed E-state index contributed by atoms with van der Waals surface area (Å²) in [5.74, 6) is -0.593. The van der Waals surface area contributed by atoms with Crippen LogP contribution in [0.3, 0.4) is 0 Å². The number of nitrogens with two attached hydrogens (primary N) is 1. The number of nitrogens with zero attached hydrogens (tertiary/aromatic N) is 1. The van der Waals surface area contributed by atoms with Crippen LogP contribution in [0.1, 0.15) is 15.9 Å². The van der Waals surface area contributed by atoms with Crippen LogP contribution in [-0.2, 0) is 11.3 Å². The fourth-order valence-electron chi connectivity index (χ4n) is 1.44. The maximum absolute atomic E-state index is 11.9. The van der Waals surface area contributed by atoms with Crippen LogP contribution < -0.4 is 5.73 Å². The molecule has 19 heavy (non-hydrogen) atoms. The SMILES string of the molecule is Nc1cnc(Cl)c(C(=O)OCc2ccccc2Cl)c1. The molecule has 2 rings (SSSR count). The van der Waals surface area contributed by atoms with Gasteiger partial charge < -0.3 is 10.5 Å². The highest BCUT2D eigenvalue weighted by atomic mass is 35.5. The summed E-state index contributed by atoms with van der Waals surface area (Å²) in [6, 6.07) is 8.52. The normalized spacial score (nSPS) is 10.2. The average molecular weight is 297 g/mol. The van der Waals surface area contributed by atoms with E-state index in [1.807, 2.05) is 6.07 Å². The molecule has 2 aromatic rings. The second-order valence-corrected chi connectivity index (χ2v) is 4.54. The molecule has 4 nitrogen and oxygen atoms in total. The number of nitrogen functional groups attached to an aromatic ring is 1. The minimum absolute atomic E-state index is 0.0540. The van der Waals surface area contributed by atoms with Gasteiger partial charge in [-0.15, -0.1) is 0 Å². The molecule has 0 saturated heterocycles. The van der Waals surface area contributed by atoms with Gasteiger partial charge in [-0.25, -0.2) is 9.78 Å². The smallest absolute Gasteiger partial charge is 0.341 e. The molecule has 0 unspecified atom stereocenters. The molecule has 0 aliphatic carbocycles. The van der Waals surface area contributed by atoms with E-state index < -0.39 is 5.97 Å². The minimum atomic E-state index is -0.593. The number of carbonyl (C=O) groups excluding carboxylic acids is 1. The number of aromatic nitrogens is 1. The topological polar surface area (TPSA) is 65.2 Å². The number of pyridine rings is 1. The number of carbonyl (C=O) groups is 1. The number of anilines is 1. The van der Waals surface area contributed by atoms with Crippen LogP contribution in [0.15, 0.2) is 36.5 Å². The lowest BCUT2D eigenvalue weighted by Gasteiger charge is -2.07. The van der Waals surface area contributed by atoms with Crippen molar-refractivity contribution in [1.82, 2.24) is 4.98 Å². The van der Waals surface area contributed by atoms with Crippen LogP contribution in [-0.4, -0.2) is 11.0 Å². The number of ether oxygens (including phenoxy) is 1. The molecule has 1 aromatic heterocycles. The van der Waals surface area contributed by atoms with Gasteiger partial charge in [0.2, 0.25) is 0 Å². The Bertz CT molecular complexity index is 617. The Morgan fingerprint density at radius 3 is 2.79 bits per heavy atom. The molecule has 0 aliphatic rings. The third-order valence-electron chi connectivity index (χ3n) is 2.40. The van der Waals surface area contributed by atoms with E-state index >= 15 is 0 Å². The molecule has 0 atom stereocenters. The van der Waals surface area contributed by atoms with Gasteiger partial charge >= 0.3 is 5.97 Å². The highest BCUT2D eigenvalue weighted by Gasteiger charge is 2.14. The van der Waals surface area contributed by atoms with Crippen molar-refractivity contribution in [3.63, 3.8) is 0 Å². The summed E-state index contributed by atoms with van der Waals surface area (Å²) in [6.07, 6.45) is 1.37. The lowest BCUT2D eigenvalue weighted by atomic mass is 10.2. The van der Waals surface area contributed by atoms with E-state index in [0.717, 1.165) is 0 Å². The van der Waals surface area contributed by atoms with Crippen LogP contribution in [0.4, 0.5) is 5.69 Å². The third kappa shape index (κ3) is 3.36. The van der Waals surface area contributed by atoms with Crippen LogP contribution in [0.25, 0.3) is 0 Å². The average Bonchev–Trinajstić information content (AvgIpc) is 2.40. The highest BCUT2D eigenvalue weighted by Crippen LogP contribution is 2.19. The summed E-state index contributed by atoms with van der Waals surface area (Å²) in [7, 11) is 0. The zero-order chi connectivity index (χ0) is 13.8. The predicted octanol–water partition coefficient (Wildman–Crippen LogP) is 3.33. The Hall–Kier alpha value is -1.78. The molecule has 6 heteroatoms. The number of benzene rings is 1. The number of hydrogen-bond donors (Lipinski definition) is 1. The van der Waals surface area contributed by atoms with E-state index in [1.165, 1.54) is 12.3 Å². The van der Waals surface area contributed by atoms with Gasteiger partial charge in [0.25, 0.3) is 0 Å². The van der Waals surface area contributed by atoms with Gasteiger partial charge in [-0.05, 0) is 12.1 Å². The van der Waals surface area contributed by atoms with Crippen molar-refractivity contribution < 1.29 is 9.53 Å². The summed E-state index contributed by atoms with van der Waals surface area (Å²) >= 11 is 11.8. The summed E-state index contributed by atoms with van der Waals surface area (Å²) < 4.78 is 5.13. The van der Waals surface area contributed by atoms with E-state index in [1.54, 1.807) is 18.2 Å². The Morgan fingerprint density at radius 1 is 1.32 bits per heavy atom. The summed E-state index contributed by atoms with van der Waals surface area (Å²) in [5.41, 5.74) is 6.73. The third-order valence-corrected chi connectivity index (χ3v) is 3.07. The number of rotatable bonds is 3. The molecule has 0 bridgehead atoms. The molecular weight excluding hydrogens is 287 g/mol. The molecule has 0 fully saturated rings. The van der Waals surface area contributed by atoms with Crippen LogP contribution in [0.5, 0.6) is 0 Å². The van der Waals surface area contributed by atoms with Crippen molar-refractivity contribution in [3.8, 4) is 0 Å². The molecule has 98 valence electrons. The zero-order valence-corrected chi connectivity index (χ0v) is 11.3. The van der Waals surface area contributed by atoms with Crippen molar-refractivity contribution in [1.29, 1.82) is 0 Å². The van der Waals surface area contributed by atoms with E-state index in [2.05, 4.69) is 4.98 Å².